The number of nitrogens with zero attached hydrogens (tertiary/aromatic N) is 1. The van der Waals surface area contributed by atoms with Crippen molar-refractivity contribution in [3.05, 3.63) is 42.1 Å². The SMILES string of the molecule is O=C1CCCN1/C=C(/Cl)c1ccccc1. The molecule has 0 saturated carbocycles. The van der Waals surface area contributed by atoms with E-state index < -0.39 is 0 Å². The fourth-order valence-electron chi connectivity index (χ4n) is 1.61. The van der Waals surface area contributed by atoms with Gasteiger partial charge in [-0.1, -0.05) is 41.9 Å². The zero-order chi connectivity index (χ0) is 10.7. The van der Waals surface area contributed by atoms with Crippen molar-refractivity contribution in [2.75, 3.05) is 6.54 Å². The van der Waals surface area contributed by atoms with Crippen molar-refractivity contribution in [2.45, 2.75) is 12.8 Å². The number of hydrogen-bond donors (Lipinski definition) is 0. The van der Waals surface area contributed by atoms with Crippen molar-refractivity contribution in [1.82, 2.24) is 4.90 Å². The van der Waals surface area contributed by atoms with Crippen molar-refractivity contribution in [3.63, 3.8) is 0 Å². The molecule has 0 aromatic heterocycles. The average Bonchev–Trinajstić information content (AvgIpc) is 2.66. The maximum Gasteiger partial charge on any atom is 0.226 e. The van der Waals surface area contributed by atoms with E-state index in [9.17, 15) is 4.79 Å². The van der Waals surface area contributed by atoms with Crippen molar-refractivity contribution >= 4 is 22.5 Å². The summed E-state index contributed by atoms with van der Waals surface area (Å²) < 4.78 is 0. The van der Waals surface area contributed by atoms with Crippen LogP contribution in [0.25, 0.3) is 5.03 Å². The normalized spacial score (nSPS) is 17.3. The minimum atomic E-state index is 0.157. The Labute approximate surface area is 94.2 Å². The van der Waals surface area contributed by atoms with Gasteiger partial charge in [-0.2, -0.15) is 0 Å². The summed E-state index contributed by atoms with van der Waals surface area (Å²) in [7, 11) is 0. The van der Waals surface area contributed by atoms with Crippen LogP contribution in [0.2, 0.25) is 0 Å². The highest BCUT2D eigenvalue weighted by Gasteiger charge is 2.18. The lowest BCUT2D eigenvalue weighted by atomic mass is 10.2. The van der Waals surface area contributed by atoms with E-state index in [1.165, 1.54) is 0 Å². The van der Waals surface area contributed by atoms with Crippen LogP contribution in [-0.4, -0.2) is 17.4 Å². The fourth-order valence-corrected chi connectivity index (χ4v) is 1.86. The number of benzene rings is 1. The molecule has 1 saturated heterocycles. The van der Waals surface area contributed by atoms with E-state index in [1.807, 2.05) is 30.3 Å². The summed E-state index contributed by atoms with van der Waals surface area (Å²) >= 11 is 6.12. The lowest BCUT2D eigenvalue weighted by Crippen LogP contribution is -2.17. The number of carbonyl (C=O) groups excluding carboxylic acids is 1. The van der Waals surface area contributed by atoms with Gasteiger partial charge in [0.2, 0.25) is 5.91 Å². The summed E-state index contributed by atoms with van der Waals surface area (Å²) in [5, 5.41) is 0.617. The van der Waals surface area contributed by atoms with E-state index in [4.69, 9.17) is 11.6 Å². The summed E-state index contributed by atoms with van der Waals surface area (Å²) in [6.45, 7) is 0.780. The lowest BCUT2D eigenvalue weighted by Gasteiger charge is -2.10. The quantitative estimate of drug-likeness (QED) is 0.752. The first-order chi connectivity index (χ1) is 7.27. The molecule has 1 aliphatic rings. The van der Waals surface area contributed by atoms with Gasteiger partial charge in [-0.3, -0.25) is 4.79 Å². The van der Waals surface area contributed by atoms with E-state index >= 15 is 0 Å². The monoisotopic (exact) mass is 221 g/mol. The Morgan fingerprint density at radius 2 is 2.07 bits per heavy atom. The van der Waals surface area contributed by atoms with Crippen molar-refractivity contribution in [3.8, 4) is 0 Å². The van der Waals surface area contributed by atoms with Crippen LogP contribution in [0.3, 0.4) is 0 Å². The summed E-state index contributed by atoms with van der Waals surface area (Å²) in [6, 6.07) is 9.65. The smallest absolute Gasteiger partial charge is 0.226 e. The molecule has 3 heteroatoms. The van der Waals surface area contributed by atoms with Gasteiger partial charge in [0, 0.05) is 19.2 Å². The molecule has 15 heavy (non-hydrogen) atoms. The second kappa shape index (κ2) is 4.49. The Morgan fingerprint density at radius 3 is 2.67 bits per heavy atom. The highest BCUT2D eigenvalue weighted by atomic mass is 35.5. The molecule has 1 amide bonds. The fraction of sp³-hybridized carbons (Fsp3) is 0.250. The number of halogens is 1. The molecule has 78 valence electrons. The highest BCUT2D eigenvalue weighted by Crippen LogP contribution is 2.21. The first-order valence-corrected chi connectivity index (χ1v) is 5.37. The number of hydrogen-bond acceptors (Lipinski definition) is 1. The predicted molar refractivity (Wildman–Crippen MR) is 61.2 cm³/mol. The minimum Gasteiger partial charge on any atom is -0.318 e. The van der Waals surface area contributed by atoms with Gasteiger partial charge < -0.3 is 4.90 Å². The summed E-state index contributed by atoms with van der Waals surface area (Å²) in [6.07, 6.45) is 3.29. The molecule has 1 aromatic carbocycles. The third kappa shape index (κ3) is 2.39. The predicted octanol–water partition coefficient (Wildman–Crippen LogP) is 2.85. The molecule has 0 atom stereocenters. The van der Waals surface area contributed by atoms with Gasteiger partial charge in [0.15, 0.2) is 0 Å². The molecule has 1 fully saturated rings. The molecule has 2 nitrogen and oxygen atoms in total. The molecule has 0 aliphatic carbocycles. The van der Waals surface area contributed by atoms with E-state index in [0.717, 1.165) is 18.5 Å². The molecule has 0 radical (unpaired) electrons. The van der Waals surface area contributed by atoms with Gasteiger partial charge in [0.25, 0.3) is 0 Å². The third-order valence-corrected chi connectivity index (χ3v) is 2.74. The average molecular weight is 222 g/mol. The standard InChI is InChI=1S/C12H12ClNO/c13-11(10-5-2-1-3-6-10)9-14-8-4-7-12(14)15/h1-3,5-6,9H,4,7-8H2/b11-9+. The third-order valence-electron chi connectivity index (χ3n) is 2.43. The van der Waals surface area contributed by atoms with Crippen LogP contribution in [0.15, 0.2) is 36.5 Å². The molecule has 2 rings (SSSR count). The molecule has 0 spiro atoms. The Balaban J connectivity index is 2.17. The van der Waals surface area contributed by atoms with Crippen LogP contribution in [0.1, 0.15) is 18.4 Å². The number of rotatable bonds is 2. The first-order valence-electron chi connectivity index (χ1n) is 4.99. The second-order valence-electron chi connectivity index (χ2n) is 3.53. The minimum absolute atomic E-state index is 0.157. The van der Waals surface area contributed by atoms with Gasteiger partial charge in [-0.25, -0.2) is 0 Å². The van der Waals surface area contributed by atoms with Crippen LogP contribution < -0.4 is 0 Å². The summed E-state index contributed by atoms with van der Waals surface area (Å²) in [5.41, 5.74) is 0.943. The number of amides is 1. The summed E-state index contributed by atoms with van der Waals surface area (Å²) in [5.74, 6) is 0.157. The van der Waals surface area contributed by atoms with E-state index in [1.54, 1.807) is 11.1 Å². The molecular formula is C12H12ClNO. The van der Waals surface area contributed by atoms with Crippen LogP contribution in [0.5, 0.6) is 0 Å². The van der Waals surface area contributed by atoms with E-state index in [0.29, 0.717) is 11.5 Å². The molecule has 0 unspecified atom stereocenters. The Bertz CT molecular complexity index is 386. The Kier molecular flexibility index (Phi) is 3.07. The zero-order valence-electron chi connectivity index (χ0n) is 8.32. The zero-order valence-corrected chi connectivity index (χ0v) is 9.07. The number of likely N-dealkylation sites (tertiary alicyclic amines) is 1. The maximum absolute atomic E-state index is 11.4. The molecule has 1 aliphatic heterocycles. The molecule has 1 heterocycles. The highest BCUT2D eigenvalue weighted by molar-refractivity contribution is 6.48. The Hall–Kier alpha value is -1.28. The van der Waals surface area contributed by atoms with Crippen LogP contribution in [0, 0.1) is 0 Å². The summed E-state index contributed by atoms with van der Waals surface area (Å²) in [4.78, 5) is 13.1. The van der Waals surface area contributed by atoms with Gasteiger partial charge in [-0.15, -0.1) is 0 Å². The largest absolute Gasteiger partial charge is 0.318 e. The van der Waals surface area contributed by atoms with Gasteiger partial charge >= 0.3 is 0 Å². The topological polar surface area (TPSA) is 20.3 Å². The molecule has 0 bridgehead atoms. The Morgan fingerprint density at radius 1 is 1.33 bits per heavy atom. The maximum atomic E-state index is 11.4. The first kappa shape index (κ1) is 10.2. The molecule has 0 N–H and O–H groups in total. The van der Waals surface area contributed by atoms with E-state index in [-0.39, 0.29) is 5.91 Å². The van der Waals surface area contributed by atoms with Crippen LogP contribution >= 0.6 is 11.6 Å². The van der Waals surface area contributed by atoms with Gasteiger partial charge in [-0.05, 0) is 12.0 Å². The number of carbonyl (C=O) groups is 1. The second-order valence-corrected chi connectivity index (χ2v) is 3.94. The molecule has 1 aromatic rings. The van der Waals surface area contributed by atoms with Crippen LogP contribution in [0.4, 0.5) is 0 Å². The van der Waals surface area contributed by atoms with Crippen LogP contribution in [-0.2, 0) is 4.79 Å². The van der Waals surface area contributed by atoms with Crippen molar-refractivity contribution in [1.29, 1.82) is 0 Å². The molecular weight excluding hydrogens is 210 g/mol. The van der Waals surface area contributed by atoms with Crippen molar-refractivity contribution < 1.29 is 4.79 Å². The van der Waals surface area contributed by atoms with E-state index in [2.05, 4.69) is 0 Å². The van der Waals surface area contributed by atoms with Gasteiger partial charge in [0.1, 0.15) is 0 Å². The van der Waals surface area contributed by atoms with Gasteiger partial charge in [0.05, 0.1) is 5.03 Å². The lowest BCUT2D eigenvalue weighted by molar-refractivity contribution is -0.125. The van der Waals surface area contributed by atoms with Crippen molar-refractivity contribution in [2.24, 2.45) is 0 Å².